The van der Waals surface area contributed by atoms with Gasteiger partial charge >= 0.3 is 0 Å². The molecule has 3 aliphatic heterocycles. The zero-order chi connectivity index (χ0) is 18.1. The molecule has 1 spiro atoms. The van der Waals surface area contributed by atoms with Gasteiger partial charge in [0.2, 0.25) is 5.91 Å². The number of carbonyl (C=O) groups is 1. The molecule has 0 aliphatic carbocycles. The lowest BCUT2D eigenvalue weighted by Gasteiger charge is -2.49. The van der Waals surface area contributed by atoms with Gasteiger partial charge in [-0.2, -0.15) is 0 Å². The van der Waals surface area contributed by atoms with Crippen LogP contribution in [0.2, 0.25) is 0 Å². The molecule has 1 aromatic rings. The minimum absolute atomic E-state index is 0.372. The van der Waals surface area contributed by atoms with Gasteiger partial charge in [0.1, 0.15) is 0 Å². The predicted octanol–water partition coefficient (Wildman–Crippen LogP) is 2.90. The first kappa shape index (κ1) is 18.0. The molecule has 3 fully saturated rings. The highest BCUT2D eigenvalue weighted by Gasteiger charge is 2.43. The Morgan fingerprint density at radius 2 is 1.88 bits per heavy atom. The Balaban J connectivity index is 1.37. The molecule has 142 valence electrons. The molecule has 1 unspecified atom stereocenters. The summed E-state index contributed by atoms with van der Waals surface area (Å²) in [6.07, 6.45) is 5.50. The van der Waals surface area contributed by atoms with Crippen molar-refractivity contribution < 1.29 is 4.79 Å². The second-order valence-electron chi connectivity index (χ2n) is 8.93. The standard InChI is InChI=1S/C22H33N3O/c1-18-5-3-4-6-19(18)15-24-13-10-22(11-14-24)9-7-21(26)25(17-22)20-8-12-23(2)16-20/h3-6,20H,7-17H2,1-2H3. The minimum atomic E-state index is 0.372. The molecule has 4 heteroatoms. The molecular formula is C22H33N3O. The molecule has 3 heterocycles. The van der Waals surface area contributed by atoms with Crippen LogP contribution in [0.3, 0.4) is 0 Å². The van der Waals surface area contributed by atoms with E-state index in [9.17, 15) is 4.79 Å². The van der Waals surface area contributed by atoms with Crippen LogP contribution in [0, 0.1) is 12.3 Å². The molecule has 1 atom stereocenters. The summed E-state index contributed by atoms with van der Waals surface area (Å²) in [6, 6.07) is 9.20. The number of piperidine rings is 2. The molecule has 0 radical (unpaired) electrons. The highest BCUT2D eigenvalue weighted by Crippen LogP contribution is 2.41. The highest BCUT2D eigenvalue weighted by molar-refractivity contribution is 5.77. The van der Waals surface area contributed by atoms with Crippen molar-refractivity contribution in [3.8, 4) is 0 Å². The maximum absolute atomic E-state index is 12.6. The summed E-state index contributed by atoms with van der Waals surface area (Å²) in [5.74, 6) is 0.401. The SMILES string of the molecule is Cc1ccccc1CN1CCC2(CCC(=O)N(C3CCN(C)C3)C2)CC1. The van der Waals surface area contributed by atoms with Gasteiger partial charge in [-0.05, 0) is 75.8 Å². The van der Waals surface area contributed by atoms with Crippen LogP contribution in [0.25, 0.3) is 0 Å². The smallest absolute Gasteiger partial charge is 0.222 e. The van der Waals surface area contributed by atoms with Gasteiger partial charge in [0.15, 0.2) is 0 Å². The maximum Gasteiger partial charge on any atom is 0.222 e. The van der Waals surface area contributed by atoms with E-state index in [1.54, 1.807) is 0 Å². The summed E-state index contributed by atoms with van der Waals surface area (Å²) in [7, 11) is 2.17. The summed E-state index contributed by atoms with van der Waals surface area (Å²) >= 11 is 0. The fraction of sp³-hybridized carbons (Fsp3) is 0.682. The van der Waals surface area contributed by atoms with E-state index in [0.29, 0.717) is 17.4 Å². The Labute approximate surface area is 158 Å². The number of benzene rings is 1. The van der Waals surface area contributed by atoms with Crippen LogP contribution in [0.15, 0.2) is 24.3 Å². The van der Waals surface area contributed by atoms with E-state index in [2.05, 4.69) is 52.9 Å². The highest BCUT2D eigenvalue weighted by atomic mass is 16.2. The maximum atomic E-state index is 12.6. The average molecular weight is 356 g/mol. The molecule has 4 nitrogen and oxygen atoms in total. The van der Waals surface area contributed by atoms with Crippen molar-refractivity contribution in [2.45, 2.75) is 51.6 Å². The molecule has 4 rings (SSSR count). The number of aryl methyl sites for hydroxylation is 1. The number of hydrogen-bond donors (Lipinski definition) is 0. The normalized spacial score (nSPS) is 27.4. The Morgan fingerprint density at radius 3 is 2.58 bits per heavy atom. The van der Waals surface area contributed by atoms with Crippen LogP contribution in [-0.4, -0.2) is 66.4 Å². The minimum Gasteiger partial charge on any atom is -0.338 e. The quantitative estimate of drug-likeness (QED) is 0.834. The number of nitrogens with zero attached hydrogens (tertiary/aromatic N) is 3. The Kier molecular flexibility index (Phi) is 5.07. The van der Waals surface area contributed by atoms with Gasteiger partial charge in [0.25, 0.3) is 0 Å². The van der Waals surface area contributed by atoms with Crippen LogP contribution in [0.5, 0.6) is 0 Å². The van der Waals surface area contributed by atoms with Gasteiger partial charge < -0.3 is 9.80 Å². The van der Waals surface area contributed by atoms with Crippen LogP contribution in [-0.2, 0) is 11.3 Å². The second kappa shape index (κ2) is 7.32. The van der Waals surface area contributed by atoms with Gasteiger partial charge in [-0.3, -0.25) is 9.69 Å². The molecule has 0 aromatic heterocycles. The lowest BCUT2D eigenvalue weighted by atomic mass is 9.72. The third kappa shape index (κ3) is 3.67. The van der Waals surface area contributed by atoms with Gasteiger partial charge in [-0.1, -0.05) is 24.3 Å². The summed E-state index contributed by atoms with van der Waals surface area (Å²) < 4.78 is 0. The Hall–Kier alpha value is -1.39. The zero-order valence-electron chi connectivity index (χ0n) is 16.4. The van der Waals surface area contributed by atoms with E-state index in [4.69, 9.17) is 0 Å². The summed E-state index contributed by atoms with van der Waals surface area (Å²) in [6.45, 7) is 8.81. The van der Waals surface area contributed by atoms with E-state index in [1.165, 1.54) is 37.1 Å². The van der Waals surface area contributed by atoms with Crippen LogP contribution < -0.4 is 0 Å². The fourth-order valence-corrected chi connectivity index (χ4v) is 5.17. The van der Waals surface area contributed by atoms with Gasteiger partial charge in [-0.15, -0.1) is 0 Å². The second-order valence-corrected chi connectivity index (χ2v) is 8.93. The zero-order valence-corrected chi connectivity index (χ0v) is 16.4. The van der Waals surface area contributed by atoms with Crippen molar-refractivity contribution in [3.63, 3.8) is 0 Å². The van der Waals surface area contributed by atoms with Crippen LogP contribution in [0.1, 0.15) is 43.2 Å². The summed E-state index contributed by atoms with van der Waals surface area (Å²) in [5.41, 5.74) is 3.22. The molecule has 3 saturated heterocycles. The van der Waals surface area contributed by atoms with E-state index < -0.39 is 0 Å². The molecule has 26 heavy (non-hydrogen) atoms. The lowest BCUT2D eigenvalue weighted by Crippen LogP contribution is -2.54. The summed E-state index contributed by atoms with van der Waals surface area (Å²) in [5, 5.41) is 0. The molecule has 0 N–H and O–H groups in total. The molecule has 0 bridgehead atoms. The van der Waals surface area contributed by atoms with E-state index in [0.717, 1.165) is 45.4 Å². The molecule has 1 aromatic carbocycles. The number of amides is 1. The van der Waals surface area contributed by atoms with Crippen LogP contribution in [0.4, 0.5) is 0 Å². The van der Waals surface area contributed by atoms with Crippen molar-refractivity contribution in [1.82, 2.24) is 14.7 Å². The third-order valence-corrected chi connectivity index (χ3v) is 7.07. The molecule has 0 saturated carbocycles. The monoisotopic (exact) mass is 355 g/mol. The van der Waals surface area contributed by atoms with Crippen molar-refractivity contribution in [1.29, 1.82) is 0 Å². The number of hydrogen-bond acceptors (Lipinski definition) is 3. The first-order valence-corrected chi connectivity index (χ1v) is 10.3. The van der Waals surface area contributed by atoms with Gasteiger partial charge in [0.05, 0.1) is 0 Å². The molecule has 1 amide bonds. The first-order chi connectivity index (χ1) is 12.5. The Morgan fingerprint density at radius 1 is 1.12 bits per heavy atom. The van der Waals surface area contributed by atoms with Crippen molar-refractivity contribution >= 4 is 5.91 Å². The van der Waals surface area contributed by atoms with E-state index in [1.807, 2.05) is 0 Å². The van der Waals surface area contributed by atoms with Gasteiger partial charge in [-0.25, -0.2) is 0 Å². The predicted molar refractivity (Wildman–Crippen MR) is 105 cm³/mol. The summed E-state index contributed by atoms with van der Waals surface area (Å²) in [4.78, 5) is 19.8. The van der Waals surface area contributed by atoms with E-state index >= 15 is 0 Å². The van der Waals surface area contributed by atoms with Crippen molar-refractivity contribution in [2.24, 2.45) is 5.41 Å². The fourth-order valence-electron chi connectivity index (χ4n) is 5.17. The number of carbonyl (C=O) groups excluding carboxylic acids is 1. The molecule has 3 aliphatic rings. The lowest BCUT2D eigenvalue weighted by molar-refractivity contribution is -0.142. The number of likely N-dealkylation sites (N-methyl/N-ethyl adjacent to an activating group) is 1. The van der Waals surface area contributed by atoms with Crippen molar-refractivity contribution in [2.75, 3.05) is 39.8 Å². The average Bonchev–Trinajstić information content (AvgIpc) is 3.07. The first-order valence-electron chi connectivity index (χ1n) is 10.3. The molecular weight excluding hydrogens is 322 g/mol. The largest absolute Gasteiger partial charge is 0.338 e. The third-order valence-electron chi connectivity index (χ3n) is 7.07. The van der Waals surface area contributed by atoms with E-state index in [-0.39, 0.29) is 0 Å². The number of rotatable bonds is 3. The topological polar surface area (TPSA) is 26.8 Å². The number of likely N-dealkylation sites (tertiary alicyclic amines) is 3. The van der Waals surface area contributed by atoms with Crippen molar-refractivity contribution in [3.05, 3.63) is 35.4 Å². The van der Waals surface area contributed by atoms with Gasteiger partial charge in [0, 0.05) is 32.1 Å². The van der Waals surface area contributed by atoms with Crippen LogP contribution >= 0.6 is 0 Å². The Bertz CT molecular complexity index is 651.